The zero-order valence-corrected chi connectivity index (χ0v) is 21.0. The molecule has 2 aliphatic rings. The Morgan fingerprint density at radius 2 is 2.03 bits per heavy atom. The SMILES string of the molecule is CC(OC1=CC(c2ccn(C3CCN(C(=O)CN)CC3)c2)C=CCC1=N)c1c(Cl)ccc(F)c1Cl. The number of ether oxygens (including phenoxy) is 1. The molecule has 2 atom stereocenters. The second-order valence-electron chi connectivity index (χ2n) is 8.89. The van der Waals surface area contributed by atoms with Crippen LogP contribution in [0.15, 0.2) is 54.6 Å². The largest absolute Gasteiger partial charge is 0.484 e. The minimum Gasteiger partial charge on any atom is -0.484 e. The summed E-state index contributed by atoms with van der Waals surface area (Å²) in [5.41, 5.74) is 7.26. The summed E-state index contributed by atoms with van der Waals surface area (Å²) in [5, 5.41) is 8.69. The van der Waals surface area contributed by atoms with Crippen molar-refractivity contribution in [1.29, 1.82) is 5.41 Å². The molecule has 0 radical (unpaired) electrons. The van der Waals surface area contributed by atoms with E-state index in [9.17, 15) is 9.18 Å². The summed E-state index contributed by atoms with van der Waals surface area (Å²) in [5.74, 6) is -0.232. The number of hydrogen-bond acceptors (Lipinski definition) is 4. The smallest absolute Gasteiger partial charge is 0.236 e. The van der Waals surface area contributed by atoms with Crippen LogP contribution < -0.4 is 5.73 Å². The third kappa shape index (κ3) is 5.63. The van der Waals surface area contributed by atoms with Crippen molar-refractivity contribution in [2.24, 2.45) is 5.73 Å². The zero-order chi connectivity index (χ0) is 25.1. The van der Waals surface area contributed by atoms with Crippen LogP contribution in [-0.4, -0.2) is 40.7 Å². The van der Waals surface area contributed by atoms with Gasteiger partial charge in [0, 0.05) is 54.4 Å². The standard InChI is InChI=1S/C26H29Cl2FN4O2/c1-16(25-20(27)5-6-21(29)26(25)28)35-23-13-17(3-2-4-22(23)31)18-7-10-33(15-18)19-8-11-32(12-9-19)24(34)14-30/h2-3,5-7,10,13,15-17,19,31H,4,8-9,11-12,14,30H2,1H3. The second kappa shape index (κ2) is 11.0. The van der Waals surface area contributed by atoms with E-state index in [1.165, 1.54) is 12.1 Å². The van der Waals surface area contributed by atoms with Crippen LogP contribution in [0.2, 0.25) is 10.0 Å². The highest BCUT2D eigenvalue weighted by Crippen LogP contribution is 2.36. The fraction of sp³-hybridized carbons (Fsp3) is 0.385. The molecular weight excluding hydrogens is 490 g/mol. The summed E-state index contributed by atoms with van der Waals surface area (Å²) in [6.45, 7) is 3.20. The Bertz CT molecular complexity index is 1170. The van der Waals surface area contributed by atoms with E-state index in [0.717, 1.165) is 18.4 Å². The lowest BCUT2D eigenvalue weighted by atomic mass is 10.0. The van der Waals surface area contributed by atoms with E-state index in [-0.39, 0.29) is 23.4 Å². The number of nitrogens with one attached hydrogen (secondary N) is 1. The summed E-state index contributed by atoms with van der Waals surface area (Å²) >= 11 is 12.4. The Labute approximate surface area is 214 Å². The van der Waals surface area contributed by atoms with Crippen molar-refractivity contribution in [3.05, 3.63) is 81.6 Å². The van der Waals surface area contributed by atoms with Gasteiger partial charge in [0.2, 0.25) is 5.91 Å². The van der Waals surface area contributed by atoms with E-state index < -0.39 is 11.9 Å². The average molecular weight is 519 g/mol. The third-order valence-corrected chi connectivity index (χ3v) is 7.33. The van der Waals surface area contributed by atoms with Gasteiger partial charge in [0.15, 0.2) is 0 Å². The number of halogens is 3. The topological polar surface area (TPSA) is 84.3 Å². The molecule has 1 fully saturated rings. The lowest BCUT2D eigenvalue weighted by molar-refractivity contribution is -0.130. The molecule has 9 heteroatoms. The maximum atomic E-state index is 14.0. The summed E-state index contributed by atoms with van der Waals surface area (Å²) < 4.78 is 22.3. The van der Waals surface area contributed by atoms with Gasteiger partial charge >= 0.3 is 0 Å². The van der Waals surface area contributed by atoms with Gasteiger partial charge in [-0.1, -0.05) is 35.4 Å². The summed E-state index contributed by atoms with van der Waals surface area (Å²) in [4.78, 5) is 13.7. The fourth-order valence-corrected chi connectivity index (χ4v) is 5.31. The third-order valence-electron chi connectivity index (χ3n) is 6.62. The highest BCUT2D eigenvalue weighted by atomic mass is 35.5. The van der Waals surface area contributed by atoms with Crippen molar-refractivity contribution < 1.29 is 13.9 Å². The number of rotatable bonds is 6. The lowest BCUT2D eigenvalue weighted by Gasteiger charge is -2.32. The highest BCUT2D eigenvalue weighted by Gasteiger charge is 2.25. The Morgan fingerprint density at radius 3 is 2.74 bits per heavy atom. The molecule has 0 saturated carbocycles. The molecule has 1 amide bonds. The molecule has 3 N–H and O–H groups in total. The van der Waals surface area contributed by atoms with E-state index in [1.54, 1.807) is 6.92 Å². The molecule has 1 saturated heterocycles. The number of allylic oxidation sites excluding steroid dienone is 4. The van der Waals surface area contributed by atoms with Crippen LogP contribution in [0, 0.1) is 11.2 Å². The Balaban J connectivity index is 1.50. The number of piperidine rings is 1. The first-order valence-electron chi connectivity index (χ1n) is 11.7. The maximum Gasteiger partial charge on any atom is 0.236 e. The molecule has 186 valence electrons. The molecule has 4 rings (SSSR count). The van der Waals surface area contributed by atoms with Gasteiger partial charge < -0.3 is 25.3 Å². The molecule has 1 aromatic heterocycles. The van der Waals surface area contributed by atoms with Gasteiger partial charge in [-0.25, -0.2) is 4.39 Å². The normalized spacial score (nSPS) is 19.9. The summed E-state index contributed by atoms with van der Waals surface area (Å²) in [6.07, 6.45) is 11.6. The maximum absolute atomic E-state index is 14.0. The molecule has 6 nitrogen and oxygen atoms in total. The first kappa shape index (κ1) is 25.5. The number of aromatic nitrogens is 1. The van der Waals surface area contributed by atoms with Gasteiger partial charge in [-0.2, -0.15) is 0 Å². The number of benzene rings is 1. The minimum absolute atomic E-state index is 0.00426. The molecule has 1 aliphatic heterocycles. The van der Waals surface area contributed by atoms with E-state index >= 15 is 0 Å². The predicted octanol–water partition coefficient (Wildman–Crippen LogP) is 5.78. The van der Waals surface area contributed by atoms with Crippen LogP contribution >= 0.6 is 23.2 Å². The van der Waals surface area contributed by atoms with Crippen molar-refractivity contribution in [3.63, 3.8) is 0 Å². The molecule has 2 unspecified atom stereocenters. The van der Waals surface area contributed by atoms with Gasteiger partial charge in [-0.3, -0.25) is 4.79 Å². The molecule has 1 aromatic carbocycles. The number of carbonyl (C=O) groups excluding carboxylic acids is 1. The fourth-order valence-electron chi connectivity index (χ4n) is 4.63. The van der Waals surface area contributed by atoms with Crippen LogP contribution in [0.4, 0.5) is 4.39 Å². The van der Waals surface area contributed by atoms with E-state index in [0.29, 0.717) is 47.6 Å². The molecule has 1 aliphatic carbocycles. The van der Waals surface area contributed by atoms with Gasteiger partial charge in [0.1, 0.15) is 17.7 Å². The Morgan fingerprint density at radius 1 is 1.29 bits per heavy atom. The van der Waals surface area contributed by atoms with Crippen LogP contribution in [0.1, 0.15) is 55.4 Å². The molecule has 0 spiro atoms. The lowest BCUT2D eigenvalue weighted by Crippen LogP contribution is -2.41. The number of hydrogen-bond donors (Lipinski definition) is 2. The van der Waals surface area contributed by atoms with Crippen LogP contribution in [-0.2, 0) is 9.53 Å². The first-order valence-corrected chi connectivity index (χ1v) is 12.5. The van der Waals surface area contributed by atoms with Crippen LogP contribution in [0.25, 0.3) is 0 Å². The molecule has 35 heavy (non-hydrogen) atoms. The Hall–Kier alpha value is -2.61. The molecular formula is C26H29Cl2FN4O2. The Kier molecular flexibility index (Phi) is 7.99. The molecule has 0 bridgehead atoms. The van der Waals surface area contributed by atoms with Crippen LogP contribution in [0.3, 0.4) is 0 Å². The van der Waals surface area contributed by atoms with E-state index in [2.05, 4.69) is 29.1 Å². The van der Waals surface area contributed by atoms with Crippen molar-refractivity contribution >= 4 is 34.8 Å². The van der Waals surface area contributed by atoms with Crippen molar-refractivity contribution in [1.82, 2.24) is 9.47 Å². The quantitative estimate of drug-likeness (QED) is 0.375. The van der Waals surface area contributed by atoms with E-state index in [4.69, 9.17) is 39.1 Å². The first-order chi connectivity index (χ1) is 16.8. The number of carbonyl (C=O) groups is 1. The monoisotopic (exact) mass is 518 g/mol. The van der Waals surface area contributed by atoms with Crippen molar-refractivity contribution in [3.8, 4) is 0 Å². The summed E-state index contributed by atoms with van der Waals surface area (Å²) in [6, 6.07) is 5.06. The minimum atomic E-state index is -0.637. The predicted molar refractivity (Wildman–Crippen MR) is 137 cm³/mol. The second-order valence-corrected chi connectivity index (χ2v) is 9.68. The molecule has 2 heterocycles. The van der Waals surface area contributed by atoms with Crippen LogP contribution in [0.5, 0.6) is 0 Å². The highest BCUT2D eigenvalue weighted by molar-refractivity contribution is 6.36. The molecule has 2 aromatic rings. The average Bonchev–Trinajstić information content (AvgIpc) is 3.28. The number of likely N-dealkylation sites (tertiary alicyclic amines) is 1. The van der Waals surface area contributed by atoms with Gasteiger partial charge in [-0.05, 0) is 49.6 Å². The van der Waals surface area contributed by atoms with Gasteiger partial charge in [-0.15, -0.1) is 0 Å². The number of nitrogens with two attached hydrogens (primary N) is 1. The summed E-state index contributed by atoms with van der Waals surface area (Å²) in [7, 11) is 0. The van der Waals surface area contributed by atoms with Crippen molar-refractivity contribution in [2.45, 2.75) is 44.2 Å². The zero-order valence-electron chi connectivity index (χ0n) is 19.5. The van der Waals surface area contributed by atoms with Gasteiger partial charge in [0.25, 0.3) is 0 Å². The van der Waals surface area contributed by atoms with Crippen molar-refractivity contribution in [2.75, 3.05) is 19.6 Å². The van der Waals surface area contributed by atoms with E-state index in [1.807, 2.05) is 17.1 Å². The number of nitrogens with zero attached hydrogens (tertiary/aromatic N) is 2. The number of amides is 1. The van der Waals surface area contributed by atoms with Gasteiger partial charge in [0.05, 0.1) is 17.3 Å².